The fraction of sp³-hybridized carbons (Fsp3) is 0. The number of urea groups is 1. The number of benzene rings is 1. The van der Waals surface area contributed by atoms with Gasteiger partial charge in [-0.2, -0.15) is 0 Å². The van der Waals surface area contributed by atoms with Gasteiger partial charge in [0.2, 0.25) is 0 Å². The molecule has 2 aromatic rings. The highest BCUT2D eigenvalue weighted by Crippen LogP contribution is 2.28. The lowest BCUT2D eigenvalue weighted by Crippen LogP contribution is -2.19. The number of ether oxygens (including phenoxy) is 1. The second-order valence-corrected chi connectivity index (χ2v) is 3.28. The van der Waals surface area contributed by atoms with Crippen molar-refractivity contribution in [1.29, 1.82) is 0 Å². The number of hydrogen-bond donors (Lipinski definition) is 2. The third-order valence-corrected chi connectivity index (χ3v) is 2.01. The molecule has 0 radical (unpaired) electrons. The van der Waals surface area contributed by atoms with Crippen LogP contribution in [-0.2, 0) is 0 Å². The molecule has 3 N–H and O–H groups in total. The first-order valence-electron chi connectivity index (χ1n) is 4.99. The third-order valence-electron chi connectivity index (χ3n) is 2.01. The zero-order chi connectivity index (χ0) is 12.1. The second-order valence-electron chi connectivity index (χ2n) is 3.28. The lowest BCUT2D eigenvalue weighted by atomic mass is 10.3. The Bertz CT molecular complexity index is 514. The Labute approximate surface area is 98.2 Å². The van der Waals surface area contributed by atoms with Crippen molar-refractivity contribution in [1.82, 2.24) is 4.98 Å². The molecule has 0 aliphatic carbocycles. The number of nitrogens with zero attached hydrogens (tertiary/aromatic N) is 1. The molecule has 1 aromatic heterocycles. The van der Waals surface area contributed by atoms with E-state index < -0.39 is 6.03 Å². The Hall–Kier alpha value is -2.56. The summed E-state index contributed by atoms with van der Waals surface area (Å²) in [5.74, 6) is 1.10. The van der Waals surface area contributed by atoms with Crippen LogP contribution in [0.15, 0.2) is 48.8 Å². The normalized spacial score (nSPS) is 9.65. The van der Waals surface area contributed by atoms with Crippen molar-refractivity contribution in [3.05, 3.63) is 48.8 Å². The van der Waals surface area contributed by atoms with Crippen LogP contribution >= 0.6 is 0 Å². The van der Waals surface area contributed by atoms with Crippen LogP contribution < -0.4 is 15.8 Å². The maximum atomic E-state index is 10.8. The fourth-order valence-corrected chi connectivity index (χ4v) is 1.33. The molecule has 0 spiro atoms. The zero-order valence-corrected chi connectivity index (χ0v) is 8.96. The third kappa shape index (κ3) is 2.94. The number of hydrogen-bond acceptors (Lipinski definition) is 3. The van der Waals surface area contributed by atoms with Gasteiger partial charge in [0, 0.05) is 6.20 Å². The van der Waals surface area contributed by atoms with Gasteiger partial charge in [-0.1, -0.05) is 12.1 Å². The molecule has 0 unspecified atom stereocenters. The van der Waals surface area contributed by atoms with E-state index in [1.165, 1.54) is 0 Å². The molecule has 5 nitrogen and oxygen atoms in total. The summed E-state index contributed by atoms with van der Waals surface area (Å²) in [6.07, 6.45) is 3.24. The molecular formula is C12H11N3O2. The van der Waals surface area contributed by atoms with Gasteiger partial charge in [-0.15, -0.1) is 0 Å². The molecular weight excluding hydrogens is 218 g/mol. The number of pyridine rings is 1. The fourth-order valence-electron chi connectivity index (χ4n) is 1.33. The molecule has 86 valence electrons. The molecule has 2 rings (SSSR count). The summed E-state index contributed by atoms with van der Waals surface area (Å²) in [6, 6.07) is 9.92. The van der Waals surface area contributed by atoms with Crippen molar-refractivity contribution in [3.8, 4) is 11.5 Å². The molecule has 17 heavy (non-hydrogen) atoms. The van der Waals surface area contributed by atoms with Gasteiger partial charge in [0.05, 0.1) is 11.9 Å². The monoisotopic (exact) mass is 229 g/mol. The van der Waals surface area contributed by atoms with Crippen LogP contribution in [-0.4, -0.2) is 11.0 Å². The van der Waals surface area contributed by atoms with Crippen LogP contribution in [0.2, 0.25) is 0 Å². The van der Waals surface area contributed by atoms with E-state index in [1.807, 2.05) is 0 Å². The van der Waals surface area contributed by atoms with E-state index in [4.69, 9.17) is 10.5 Å². The Kier molecular flexibility index (Phi) is 3.20. The highest BCUT2D eigenvalue weighted by atomic mass is 16.5. The van der Waals surface area contributed by atoms with Gasteiger partial charge in [-0.25, -0.2) is 4.79 Å². The average molecular weight is 229 g/mol. The lowest BCUT2D eigenvalue weighted by Gasteiger charge is -2.10. The van der Waals surface area contributed by atoms with Crippen molar-refractivity contribution in [3.63, 3.8) is 0 Å². The van der Waals surface area contributed by atoms with Gasteiger partial charge in [0.15, 0.2) is 5.75 Å². The highest BCUT2D eigenvalue weighted by molar-refractivity contribution is 5.89. The van der Waals surface area contributed by atoms with Crippen molar-refractivity contribution >= 4 is 11.7 Å². The number of carbonyl (C=O) groups is 1. The van der Waals surface area contributed by atoms with E-state index in [0.29, 0.717) is 17.2 Å². The number of para-hydroxylation sites is 2. The minimum Gasteiger partial charge on any atom is -0.454 e. The maximum absolute atomic E-state index is 10.8. The second kappa shape index (κ2) is 4.98. The van der Waals surface area contributed by atoms with Gasteiger partial charge in [-0.3, -0.25) is 4.98 Å². The molecule has 5 heteroatoms. The SMILES string of the molecule is NC(=O)Nc1ccccc1Oc1cccnc1. The minimum absolute atomic E-state index is 0.513. The summed E-state index contributed by atoms with van der Waals surface area (Å²) in [6.45, 7) is 0. The summed E-state index contributed by atoms with van der Waals surface area (Å²) < 4.78 is 5.58. The predicted octanol–water partition coefficient (Wildman–Crippen LogP) is 2.36. The summed E-state index contributed by atoms with van der Waals surface area (Å²) in [7, 11) is 0. The number of anilines is 1. The van der Waals surface area contributed by atoms with Crippen molar-refractivity contribution in [2.45, 2.75) is 0 Å². The van der Waals surface area contributed by atoms with Crippen molar-refractivity contribution < 1.29 is 9.53 Å². The molecule has 0 aliphatic heterocycles. The smallest absolute Gasteiger partial charge is 0.316 e. The molecule has 0 saturated carbocycles. The number of rotatable bonds is 3. The number of carbonyl (C=O) groups excluding carboxylic acids is 1. The topological polar surface area (TPSA) is 77.2 Å². The Morgan fingerprint density at radius 1 is 1.24 bits per heavy atom. The average Bonchev–Trinajstić information content (AvgIpc) is 2.32. The molecule has 2 amide bonds. The molecule has 1 heterocycles. The van der Waals surface area contributed by atoms with Crippen LogP contribution in [0.1, 0.15) is 0 Å². The van der Waals surface area contributed by atoms with Gasteiger partial charge in [0.1, 0.15) is 5.75 Å². The first-order chi connectivity index (χ1) is 8.25. The Morgan fingerprint density at radius 3 is 2.76 bits per heavy atom. The number of amides is 2. The minimum atomic E-state index is -0.632. The Balaban J connectivity index is 2.23. The van der Waals surface area contributed by atoms with E-state index in [1.54, 1.807) is 48.8 Å². The van der Waals surface area contributed by atoms with Crippen LogP contribution in [0.5, 0.6) is 11.5 Å². The summed E-state index contributed by atoms with van der Waals surface area (Å²) in [5, 5.41) is 2.49. The number of nitrogens with two attached hydrogens (primary N) is 1. The summed E-state index contributed by atoms with van der Waals surface area (Å²) in [4.78, 5) is 14.8. The first-order valence-corrected chi connectivity index (χ1v) is 4.99. The number of nitrogens with one attached hydrogen (secondary N) is 1. The van der Waals surface area contributed by atoms with E-state index in [9.17, 15) is 4.79 Å². The van der Waals surface area contributed by atoms with Crippen LogP contribution in [0.25, 0.3) is 0 Å². The van der Waals surface area contributed by atoms with Gasteiger partial charge >= 0.3 is 6.03 Å². The largest absolute Gasteiger partial charge is 0.454 e. The highest BCUT2D eigenvalue weighted by Gasteiger charge is 2.05. The van der Waals surface area contributed by atoms with Crippen LogP contribution in [0.3, 0.4) is 0 Å². The zero-order valence-electron chi connectivity index (χ0n) is 8.96. The van der Waals surface area contributed by atoms with Crippen molar-refractivity contribution in [2.75, 3.05) is 5.32 Å². The van der Waals surface area contributed by atoms with E-state index in [0.717, 1.165) is 0 Å². The van der Waals surface area contributed by atoms with E-state index in [-0.39, 0.29) is 0 Å². The van der Waals surface area contributed by atoms with E-state index >= 15 is 0 Å². The number of primary amides is 1. The molecule has 0 atom stereocenters. The summed E-state index contributed by atoms with van der Waals surface area (Å²) >= 11 is 0. The number of aromatic nitrogens is 1. The maximum Gasteiger partial charge on any atom is 0.316 e. The quantitative estimate of drug-likeness (QED) is 0.848. The van der Waals surface area contributed by atoms with Crippen LogP contribution in [0, 0.1) is 0 Å². The van der Waals surface area contributed by atoms with Gasteiger partial charge < -0.3 is 15.8 Å². The van der Waals surface area contributed by atoms with Gasteiger partial charge in [-0.05, 0) is 24.3 Å². The predicted molar refractivity (Wildman–Crippen MR) is 64.0 cm³/mol. The molecule has 0 bridgehead atoms. The Morgan fingerprint density at radius 2 is 2.06 bits per heavy atom. The van der Waals surface area contributed by atoms with Crippen molar-refractivity contribution in [2.24, 2.45) is 5.73 Å². The molecule has 0 fully saturated rings. The first kappa shape index (κ1) is 10.9. The lowest BCUT2D eigenvalue weighted by molar-refractivity contribution is 0.259. The molecule has 0 saturated heterocycles. The summed E-state index contributed by atoms with van der Waals surface area (Å²) in [5.41, 5.74) is 5.59. The van der Waals surface area contributed by atoms with E-state index in [2.05, 4.69) is 10.3 Å². The van der Waals surface area contributed by atoms with Crippen LogP contribution in [0.4, 0.5) is 10.5 Å². The molecule has 1 aromatic carbocycles. The standard InChI is InChI=1S/C12H11N3O2/c13-12(16)15-10-5-1-2-6-11(10)17-9-4-3-7-14-8-9/h1-8H,(H3,13,15,16). The molecule has 0 aliphatic rings. The van der Waals surface area contributed by atoms with Gasteiger partial charge in [0.25, 0.3) is 0 Å².